The van der Waals surface area contributed by atoms with E-state index < -0.39 is 0 Å². The zero-order valence-electron chi connectivity index (χ0n) is 11.1. The van der Waals surface area contributed by atoms with Crippen molar-refractivity contribution in [2.24, 2.45) is 15.9 Å². The summed E-state index contributed by atoms with van der Waals surface area (Å²) in [4.78, 5) is 35.6. The number of aromatic nitrogens is 1. The van der Waals surface area contributed by atoms with Crippen LogP contribution in [0, 0.1) is 5.92 Å². The van der Waals surface area contributed by atoms with Gasteiger partial charge >= 0.3 is 0 Å². The van der Waals surface area contributed by atoms with Crippen LogP contribution in [0.15, 0.2) is 21.6 Å². The summed E-state index contributed by atoms with van der Waals surface area (Å²) < 4.78 is 0. The van der Waals surface area contributed by atoms with Gasteiger partial charge in [0.05, 0.1) is 11.7 Å². The number of thiazole rings is 1. The maximum atomic E-state index is 11.8. The third kappa shape index (κ3) is 3.73. The van der Waals surface area contributed by atoms with Crippen molar-refractivity contribution in [2.75, 3.05) is 11.1 Å². The van der Waals surface area contributed by atoms with Crippen LogP contribution in [0.25, 0.3) is 0 Å². The number of amides is 2. The molecule has 2 amide bonds. The minimum Gasteiger partial charge on any atom is -0.301 e. The smallest absolute Gasteiger partial charge is 0.256 e. The zero-order chi connectivity index (χ0) is 14.5. The third-order valence-corrected chi connectivity index (χ3v) is 4.24. The van der Waals surface area contributed by atoms with Gasteiger partial charge in [-0.05, 0) is 13.3 Å². The van der Waals surface area contributed by atoms with E-state index in [-0.39, 0.29) is 23.5 Å². The normalized spacial score (nSPS) is 18.5. The molecule has 0 saturated carbocycles. The van der Waals surface area contributed by atoms with Gasteiger partial charge in [0, 0.05) is 17.3 Å². The van der Waals surface area contributed by atoms with Gasteiger partial charge in [-0.2, -0.15) is 4.99 Å². The van der Waals surface area contributed by atoms with Crippen LogP contribution in [0.1, 0.15) is 20.3 Å². The minimum absolute atomic E-state index is 0.152. The van der Waals surface area contributed by atoms with Gasteiger partial charge in [-0.15, -0.1) is 11.3 Å². The molecule has 8 heteroatoms. The van der Waals surface area contributed by atoms with Crippen molar-refractivity contribution in [2.45, 2.75) is 20.3 Å². The highest BCUT2D eigenvalue weighted by Crippen LogP contribution is 2.18. The molecule has 1 unspecified atom stereocenters. The highest BCUT2D eigenvalue weighted by Gasteiger charge is 2.24. The largest absolute Gasteiger partial charge is 0.301 e. The van der Waals surface area contributed by atoms with Gasteiger partial charge in [-0.1, -0.05) is 18.7 Å². The van der Waals surface area contributed by atoms with Crippen LogP contribution >= 0.6 is 23.1 Å². The van der Waals surface area contributed by atoms with Crippen molar-refractivity contribution in [1.29, 1.82) is 0 Å². The number of thioether (sulfide) groups is 1. The fourth-order valence-electron chi connectivity index (χ4n) is 1.71. The number of rotatable bonds is 4. The van der Waals surface area contributed by atoms with Crippen LogP contribution in [0.2, 0.25) is 0 Å². The lowest BCUT2D eigenvalue weighted by atomic mass is 10.0. The van der Waals surface area contributed by atoms with Gasteiger partial charge in [0.15, 0.2) is 10.3 Å². The number of carbonyl (C=O) groups excluding carboxylic acids is 2. The molecule has 1 aliphatic rings. The van der Waals surface area contributed by atoms with Gasteiger partial charge in [-0.25, -0.2) is 9.98 Å². The van der Waals surface area contributed by atoms with E-state index in [1.165, 1.54) is 11.3 Å². The molecule has 106 valence electrons. The first-order valence-electron chi connectivity index (χ1n) is 6.10. The van der Waals surface area contributed by atoms with Crippen molar-refractivity contribution in [1.82, 2.24) is 4.98 Å². The van der Waals surface area contributed by atoms with Crippen LogP contribution in [-0.4, -0.2) is 33.4 Å². The summed E-state index contributed by atoms with van der Waals surface area (Å²) in [6, 6.07) is 0. The maximum absolute atomic E-state index is 11.8. The molecule has 0 aliphatic carbocycles. The molecule has 1 aliphatic heterocycles. The lowest BCUT2D eigenvalue weighted by Gasteiger charge is -2.15. The Morgan fingerprint density at radius 3 is 2.90 bits per heavy atom. The molecule has 1 aromatic heterocycles. The maximum Gasteiger partial charge on any atom is 0.256 e. The second-order valence-electron chi connectivity index (χ2n) is 4.12. The Hall–Kier alpha value is -1.54. The van der Waals surface area contributed by atoms with Gasteiger partial charge in [0.2, 0.25) is 5.91 Å². The van der Waals surface area contributed by atoms with Crippen molar-refractivity contribution in [3.63, 3.8) is 0 Å². The topological polar surface area (TPSA) is 83.8 Å². The van der Waals surface area contributed by atoms with Crippen LogP contribution in [0.4, 0.5) is 5.13 Å². The number of hydrogen-bond donors (Lipinski definition) is 1. The Bertz CT molecular complexity index is 566. The van der Waals surface area contributed by atoms with Gasteiger partial charge in [0.25, 0.3) is 5.91 Å². The summed E-state index contributed by atoms with van der Waals surface area (Å²) >= 11 is 2.51. The summed E-state index contributed by atoms with van der Waals surface area (Å²) in [6.45, 7) is 3.74. The Labute approximate surface area is 124 Å². The minimum atomic E-state index is -0.219. The van der Waals surface area contributed by atoms with Crippen LogP contribution in [-0.2, 0) is 9.59 Å². The van der Waals surface area contributed by atoms with Crippen LogP contribution in [0.3, 0.4) is 0 Å². The average molecular weight is 310 g/mol. The van der Waals surface area contributed by atoms with E-state index in [2.05, 4.69) is 20.3 Å². The van der Waals surface area contributed by atoms with Crippen molar-refractivity contribution in [3.05, 3.63) is 11.6 Å². The Kier molecular flexibility index (Phi) is 5.02. The van der Waals surface area contributed by atoms with Crippen molar-refractivity contribution in [3.8, 4) is 0 Å². The molecule has 0 bridgehead atoms. The first kappa shape index (κ1) is 14.9. The first-order chi connectivity index (χ1) is 9.60. The van der Waals surface area contributed by atoms with Gasteiger partial charge in [-0.3, -0.25) is 9.59 Å². The number of nitrogens with one attached hydrogen (secondary N) is 1. The molecule has 1 atom stereocenters. The number of carbonyl (C=O) groups is 2. The van der Waals surface area contributed by atoms with Crippen LogP contribution in [0.5, 0.6) is 0 Å². The molecule has 6 nitrogen and oxygen atoms in total. The number of hydrogen-bond acceptors (Lipinski definition) is 6. The van der Waals surface area contributed by atoms with Crippen molar-refractivity contribution < 1.29 is 9.59 Å². The number of anilines is 1. The average Bonchev–Trinajstić information content (AvgIpc) is 2.89. The number of nitrogens with zero attached hydrogens (tertiary/aromatic N) is 3. The first-order valence-corrected chi connectivity index (χ1v) is 7.96. The van der Waals surface area contributed by atoms with E-state index in [0.29, 0.717) is 16.7 Å². The summed E-state index contributed by atoms with van der Waals surface area (Å²) in [5.41, 5.74) is 0.760. The van der Waals surface area contributed by atoms with E-state index in [0.717, 1.165) is 17.5 Å². The standard InChI is InChI=1S/C12H14N4O2S2/c1-3-8-7(2)14-12(16-10(8)18)20-6-9(17)15-11-13-4-5-19-11/h4-5,8H,3,6H2,1-2H3,(H,13,15,17). The molecule has 20 heavy (non-hydrogen) atoms. The molecular formula is C12H14N4O2S2. The van der Waals surface area contributed by atoms with E-state index in [1.54, 1.807) is 11.6 Å². The molecular weight excluding hydrogens is 296 g/mol. The Morgan fingerprint density at radius 1 is 1.50 bits per heavy atom. The van der Waals surface area contributed by atoms with E-state index in [9.17, 15) is 9.59 Å². The number of amidine groups is 1. The van der Waals surface area contributed by atoms with E-state index >= 15 is 0 Å². The quantitative estimate of drug-likeness (QED) is 0.924. The van der Waals surface area contributed by atoms with Crippen molar-refractivity contribution >= 4 is 50.9 Å². The summed E-state index contributed by atoms with van der Waals surface area (Å²) in [7, 11) is 0. The Morgan fingerprint density at radius 2 is 2.30 bits per heavy atom. The fraction of sp³-hybridized carbons (Fsp3) is 0.417. The highest BCUT2D eigenvalue weighted by molar-refractivity contribution is 8.14. The monoisotopic (exact) mass is 310 g/mol. The van der Waals surface area contributed by atoms with E-state index in [4.69, 9.17) is 0 Å². The van der Waals surface area contributed by atoms with Crippen LogP contribution < -0.4 is 5.32 Å². The fourth-order valence-corrected chi connectivity index (χ4v) is 2.95. The van der Waals surface area contributed by atoms with Gasteiger partial charge in [0.1, 0.15) is 0 Å². The molecule has 1 aromatic rings. The second kappa shape index (κ2) is 6.76. The lowest BCUT2D eigenvalue weighted by Crippen LogP contribution is -2.25. The third-order valence-electron chi connectivity index (χ3n) is 2.70. The molecule has 0 aromatic carbocycles. The lowest BCUT2D eigenvalue weighted by molar-refractivity contribution is -0.119. The van der Waals surface area contributed by atoms with E-state index in [1.807, 2.05) is 13.8 Å². The molecule has 2 rings (SSSR count). The zero-order valence-corrected chi connectivity index (χ0v) is 12.8. The SMILES string of the molecule is CCC1C(=O)N=C(SCC(=O)Nc2nccs2)N=C1C. The number of aliphatic imine (C=N–C) groups is 2. The molecule has 0 spiro atoms. The van der Waals surface area contributed by atoms with Gasteiger partial charge < -0.3 is 5.32 Å². The summed E-state index contributed by atoms with van der Waals surface area (Å²) in [5, 5.41) is 5.36. The predicted molar refractivity (Wildman–Crippen MR) is 82.5 cm³/mol. The molecule has 1 N–H and O–H groups in total. The molecule has 0 saturated heterocycles. The molecule has 2 heterocycles. The predicted octanol–water partition coefficient (Wildman–Crippen LogP) is 2.20. The Balaban J connectivity index is 1.88. The summed E-state index contributed by atoms with van der Waals surface area (Å²) in [5.74, 6) is -0.434. The molecule has 0 radical (unpaired) electrons. The second-order valence-corrected chi connectivity index (χ2v) is 5.96. The highest BCUT2D eigenvalue weighted by atomic mass is 32.2. The molecule has 0 fully saturated rings. The summed E-state index contributed by atoms with van der Waals surface area (Å²) in [6.07, 6.45) is 2.32.